The van der Waals surface area contributed by atoms with E-state index in [-0.39, 0.29) is 55.3 Å². The predicted molar refractivity (Wildman–Crippen MR) is 255 cm³/mol. The van der Waals surface area contributed by atoms with Crippen LogP contribution in [0, 0.1) is 12.7 Å². The number of nitrogens with zero attached hydrogens (tertiary/aromatic N) is 3. The number of fused-ring (bicyclic) bond motifs is 5. The molecular weight excluding hydrogens is 946 g/mol. The summed E-state index contributed by atoms with van der Waals surface area (Å²) >= 11 is 1.03. The number of hydrogen-bond acceptors (Lipinski definition) is 15. The van der Waals surface area contributed by atoms with Crippen LogP contribution in [0.5, 0.6) is 0 Å². The zero-order valence-corrected chi connectivity index (χ0v) is 40.3. The van der Waals surface area contributed by atoms with Gasteiger partial charge in [0.05, 0.1) is 67.8 Å². The Morgan fingerprint density at radius 1 is 0.944 bits per heavy atom. The number of aliphatic hydroxyl groups is 1. The minimum atomic E-state index is -2.05. The molecule has 4 aromatic rings. The summed E-state index contributed by atoms with van der Waals surface area (Å²) in [6.07, 6.45) is 2.40. The second-order valence-corrected chi connectivity index (χ2v) is 18.3. The zero-order chi connectivity index (χ0) is 51.1. The number of hydrogen-bond donors (Lipinski definition) is 7. The molecule has 23 heteroatoms. The number of carbonyl (C=O) groups excluding carboxylic acids is 8. The molecule has 71 heavy (non-hydrogen) atoms. The van der Waals surface area contributed by atoms with Crippen molar-refractivity contribution in [1.29, 1.82) is 0 Å². The maximum Gasteiger partial charge on any atom is 0.343 e. The number of likely N-dealkylation sites (N-methyl/N-ethyl adjacent to an activating group) is 1. The second kappa shape index (κ2) is 22.3. The van der Waals surface area contributed by atoms with Gasteiger partial charge in [-0.15, -0.1) is 0 Å². The van der Waals surface area contributed by atoms with Crippen LogP contribution in [0.3, 0.4) is 0 Å². The van der Waals surface area contributed by atoms with Crippen molar-refractivity contribution in [2.75, 3.05) is 59.4 Å². The number of aromatic nitrogens is 2. The molecule has 0 unspecified atom stereocenters. The van der Waals surface area contributed by atoms with Gasteiger partial charge in [-0.05, 0) is 67.8 Å². The van der Waals surface area contributed by atoms with Crippen LogP contribution < -0.4 is 37.5 Å². The number of cyclic esters (lactones) is 1. The van der Waals surface area contributed by atoms with Gasteiger partial charge in [-0.25, -0.2) is 14.2 Å². The summed E-state index contributed by atoms with van der Waals surface area (Å²) in [6.45, 7) is 0.556. The molecule has 7 rings (SSSR count). The summed E-state index contributed by atoms with van der Waals surface area (Å²) in [5.74, 6) is -5.15. The summed E-state index contributed by atoms with van der Waals surface area (Å²) in [4.78, 5) is 121. The smallest absolute Gasteiger partial charge is 0.343 e. The maximum atomic E-state index is 15.3. The Morgan fingerprint density at radius 3 is 2.38 bits per heavy atom. The standard InChI is InChI=1S/C48H54FN9O12S/c1-5-48(68)30-14-35-44-28(19-58(35)46(66)29(30)22-70-47(48)67)43-32(12-11-27-25(2)31(49)15-33(56-44)42(27)43)54-40(63)23-69-24-53-37(60)17-52-45(65)34(13-26-9-7-6-8-10-26)55-38(61)18-50-36(59)16-51-39(62)20-57(3)21-41(64)71-4/h6-10,14-15,32,34,68H,5,11-13,16-24H2,1-4H3,(H,50,59)(H,51,62)(H,52,65)(H,53,60)(H,54,63)(H,55,61)/t32-,34-,48-/m0/s1. The van der Waals surface area contributed by atoms with E-state index in [9.17, 15) is 48.3 Å². The first-order valence-corrected chi connectivity index (χ1v) is 24.0. The fraction of sp³-hybridized carbons (Fsp3) is 0.417. The molecule has 376 valence electrons. The van der Waals surface area contributed by atoms with Crippen molar-refractivity contribution in [1.82, 2.24) is 46.4 Å². The molecule has 0 saturated carbocycles. The van der Waals surface area contributed by atoms with Gasteiger partial charge in [0.1, 0.15) is 31.8 Å². The van der Waals surface area contributed by atoms with E-state index in [0.29, 0.717) is 57.4 Å². The van der Waals surface area contributed by atoms with E-state index < -0.39 is 103 Å². The summed E-state index contributed by atoms with van der Waals surface area (Å²) in [5.41, 5.74) is 1.87. The number of halogens is 1. The molecule has 6 amide bonds. The molecule has 2 aliphatic heterocycles. The molecule has 3 atom stereocenters. The third kappa shape index (κ3) is 11.6. The molecule has 0 saturated heterocycles. The third-order valence-electron chi connectivity index (χ3n) is 12.6. The van der Waals surface area contributed by atoms with Gasteiger partial charge in [0.2, 0.25) is 40.6 Å². The van der Waals surface area contributed by atoms with Crippen molar-refractivity contribution in [2.45, 2.75) is 70.4 Å². The summed E-state index contributed by atoms with van der Waals surface area (Å²) in [7, 11) is 1.58. The average Bonchev–Trinajstić information content (AvgIpc) is 3.72. The zero-order valence-electron chi connectivity index (χ0n) is 39.5. The van der Waals surface area contributed by atoms with Gasteiger partial charge in [-0.2, -0.15) is 0 Å². The highest BCUT2D eigenvalue weighted by molar-refractivity contribution is 8.13. The Balaban J connectivity index is 0.923. The van der Waals surface area contributed by atoms with Gasteiger partial charge in [-0.1, -0.05) is 49.0 Å². The predicted octanol–water partition coefficient (Wildman–Crippen LogP) is -0.382. The first-order chi connectivity index (χ1) is 33.9. The SMILES string of the molecule is CC[C@@]1(O)C(=O)OCc2c1cc1n(c2=O)Cc2c-1nc1cc(F)c(C)c3c1c2[C@@H](NC(=O)COCNC(=O)CNC(=O)[C@H](Cc1ccccc1)NC(=O)CNC(=O)CNC(=O)CN(C)CC(=O)SC)CC3. The average molecular weight is 1000 g/mol. The molecule has 0 fully saturated rings. The van der Waals surface area contributed by atoms with E-state index >= 15 is 4.39 Å². The monoisotopic (exact) mass is 999 g/mol. The van der Waals surface area contributed by atoms with Gasteiger partial charge in [-0.3, -0.25) is 43.3 Å². The third-order valence-corrected chi connectivity index (χ3v) is 13.2. The topological polar surface area (TPSA) is 286 Å². The van der Waals surface area contributed by atoms with Gasteiger partial charge < -0.3 is 51.0 Å². The van der Waals surface area contributed by atoms with Crippen LogP contribution in [0.4, 0.5) is 4.39 Å². The van der Waals surface area contributed by atoms with E-state index in [1.807, 2.05) is 0 Å². The maximum absolute atomic E-state index is 15.3. The number of amides is 6. The van der Waals surface area contributed by atoms with Crippen molar-refractivity contribution < 1.29 is 57.3 Å². The van der Waals surface area contributed by atoms with Crippen molar-refractivity contribution in [2.24, 2.45) is 0 Å². The van der Waals surface area contributed by atoms with Crippen molar-refractivity contribution >= 4 is 69.2 Å². The van der Waals surface area contributed by atoms with E-state index in [0.717, 1.165) is 17.3 Å². The van der Waals surface area contributed by atoms with Crippen molar-refractivity contribution in [3.05, 3.63) is 97.6 Å². The summed E-state index contributed by atoms with van der Waals surface area (Å²) in [5, 5.41) is 27.1. The van der Waals surface area contributed by atoms with Crippen molar-refractivity contribution in [3.8, 4) is 11.4 Å². The lowest BCUT2D eigenvalue weighted by atomic mass is 9.81. The van der Waals surface area contributed by atoms with Crippen LogP contribution in [0.25, 0.3) is 22.3 Å². The highest BCUT2D eigenvalue weighted by Gasteiger charge is 2.46. The van der Waals surface area contributed by atoms with Gasteiger partial charge >= 0.3 is 5.97 Å². The number of thioether (sulfide) groups is 1. The number of pyridine rings is 2. The fourth-order valence-electron chi connectivity index (χ4n) is 8.93. The number of rotatable bonds is 20. The van der Waals surface area contributed by atoms with E-state index in [1.54, 1.807) is 63.5 Å². The Labute approximate surface area is 410 Å². The van der Waals surface area contributed by atoms with Crippen LogP contribution in [-0.2, 0) is 79.4 Å². The first kappa shape index (κ1) is 51.8. The van der Waals surface area contributed by atoms with Crippen LogP contribution in [0.1, 0.15) is 64.8 Å². The molecule has 0 radical (unpaired) electrons. The molecule has 21 nitrogen and oxygen atoms in total. The molecule has 1 aliphatic carbocycles. The molecule has 0 spiro atoms. The lowest BCUT2D eigenvalue weighted by molar-refractivity contribution is -0.172. The highest BCUT2D eigenvalue weighted by atomic mass is 32.2. The van der Waals surface area contributed by atoms with Crippen LogP contribution in [-0.4, -0.2) is 131 Å². The molecular formula is C48H54FN9O12S. The van der Waals surface area contributed by atoms with E-state index in [4.69, 9.17) is 14.5 Å². The first-order valence-electron chi connectivity index (χ1n) is 22.8. The van der Waals surface area contributed by atoms with Gasteiger partial charge in [0.15, 0.2) is 5.60 Å². The van der Waals surface area contributed by atoms with E-state index in [1.165, 1.54) is 15.5 Å². The number of esters is 1. The minimum absolute atomic E-state index is 0.0416. The summed E-state index contributed by atoms with van der Waals surface area (Å²) in [6, 6.07) is 9.85. The molecule has 7 N–H and O–H groups in total. The normalized spacial score (nSPS) is 16.7. The Morgan fingerprint density at radius 2 is 1.65 bits per heavy atom. The number of aryl methyl sites for hydroxylation is 1. The second-order valence-electron chi connectivity index (χ2n) is 17.4. The van der Waals surface area contributed by atoms with E-state index in [2.05, 4.69) is 31.9 Å². The summed E-state index contributed by atoms with van der Waals surface area (Å²) < 4.78 is 27.5. The Hall–Kier alpha value is -7.08. The lowest BCUT2D eigenvalue weighted by Crippen LogP contribution is -2.52. The Bertz CT molecular complexity index is 2880. The lowest BCUT2D eigenvalue weighted by Gasteiger charge is -2.31. The fourth-order valence-corrected chi connectivity index (χ4v) is 9.28. The molecule has 2 aromatic heterocycles. The van der Waals surface area contributed by atoms with Crippen LogP contribution >= 0.6 is 11.8 Å². The molecule has 2 aromatic carbocycles. The Kier molecular flexibility index (Phi) is 16.3. The van der Waals surface area contributed by atoms with Gasteiger partial charge in [0.25, 0.3) is 5.56 Å². The highest BCUT2D eigenvalue weighted by Crippen LogP contribution is 2.46. The molecule has 0 bridgehead atoms. The molecule has 3 aliphatic rings. The number of nitrogens with one attached hydrogen (secondary N) is 6. The number of carbonyl (C=O) groups is 8. The van der Waals surface area contributed by atoms with Crippen LogP contribution in [0.2, 0.25) is 0 Å². The quantitative estimate of drug-likeness (QED) is 0.0297. The van der Waals surface area contributed by atoms with Crippen molar-refractivity contribution in [3.63, 3.8) is 0 Å². The largest absolute Gasteiger partial charge is 0.458 e. The minimum Gasteiger partial charge on any atom is -0.458 e. The van der Waals surface area contributed by atoms with Crippen LogP contribution in [0.15, 0.2) is 47.3 Å². The number of benzene rings is 2. The molecule has 4 heterocycles. The number of ether oxygens (including phenoxy) is 2. The van der Waals surface area contributed by atoms with Gasteiger partial charge in [0, 0.05) is 29.0 Å².